The normalized spacial score (nSPS) is 10.7. The van der Waals surface area contributed by atoms with Crippen molar-refractivity contribution in [3.8, 4) is 0 Å². The van der Waals surface area contributed by atoms with Gasteiger partial charge >= 0.3 is 0 Å². The number of carbonyl (C=O) groups excluding carboxylic acids is 1. The summed E-state index contributed by atoms with van der Waals surface area (Å²) in [6, 6.07) is 11.4. The number of aromatic nitrogens is 2. The number of nitrogens with zero attached hydrogens (tertiary/aromatic N) is 2. The van der Waals surface area contributed by atoms with Gasteiger partial charge in [0.15, 0.2) is 5.78 Å². The van der Waals surface area contributed by atoms with Crippen molar-refractivity contribution in [2.24, 2.45) is 0 Å². The lowest BCUT2D eigenvalue weighted by Crippen LogP contribution is -2.04. The summed E-state index contributed by atoms with van der Waals surface area (Å²) in [5, 5.41) is 0. The van der Waals surface area contributed by atoms with Crippen LogP contribution in [0.1, 0.15) is 27.0 Å². The maximum Gasteiger partial charge on any atom is 0.193 e. The van der Waals surface area contributed by atoms with E-state index < -0.39 is 0 Å². The molecule has 0 aliphatic heterocycles. The van der Waals surface area contributed by atoms with Gasteiger partial charge in [0.2, 0.25) is 0 Å². The second-order valence-corrected chi connectivity index (χ2v) is 4.91. The highest BCUT2D eigenvalue weighted by atomic mass is 16.1. The minimum atomic E-state index is 0.0266. The standard InChI is InChI=1S/C17H14N2O/c1-11-3-4-12(2)14(9-11)17(20)13-5-6-15-16(10-13)19-8-7-18-15/h3-10H,1-2H3. The average molecular weight is 262 g/mol. The van der Waals surface area contributed by atoms with E-state index in [1.54, 1.807) is 24.5 Å². The lowest BCUT2D eigenvalue weighted by molar-refractivity contribution is 0.103. The highest BCUT2D eigenvalue weighted by Gasteiger charge is 2.12. The largest absolute Gasteiger partial charge is 0.289 e. The molecule has 3 heteroatoms. The smallest absolute Gasteiger partial charge is 0.193 e. The van der Waals surface area contributed by atoms with Crippen LogP contribution in [0.3, 0.4) is 0 Å². The predicted molar refractivity (Wildman–Crippen MR) is 78.9 cm³/mol. The van der Waals surface area contributed by atoms with Gasteiger partial charge < -0.3 is 0 Å². The van der Waals surface area contributed by atoms with Gasteiger partial charge in [-0.2, -0.15) is 0 Å². The fraction of sp³-hybridized carbons (Fsp3) is 0.118. The van der Waals surface area contributed by atoms with Crippen LogP contribution < -0.4 is 0 Å². The fourth-order valence-electron chi connectivity index (χ4n) is 2.24. The van der Waals surface area contributed by atoms with Crippen LogP contribution in [0.4, 0.5) is 0 Å². The monoisotopic (exact) mass is 262 g/mol. The van der Waals surface area contributed by atoms with E-state index in [9.17, 15) is 4.79 Å². The molecule has 20 heavy (non-hydrogen) atoms. The van der Waals surface area contributed by atoms with Gasteiger partial charge in [-0.3, -0.25) is 14.8 Å². The van der Waals surface area contributed by atoms with Crippen LogP contribution in [-0.2, 0) is 0 Å². The summed E-state index contributed by atoms with van der Waals surface area (Å²) in [4.78, 5) is 21.1. The topological polar surface area (TPSA) is 42.9 Å². The van der Waals surface area contributed by atoms with E-state index in [1.165, 1.54) is 0 Å². The van der Waals surface area contributed by atoms with Crippen molar-refractivity contribution in [2.75, 3.05) is 0 Å². The minimum Gasteiger partial charge on any atom is -0.289 e. The zero-order valence-electron chi connectivity index (χ0n) is 11.4. The summed E-state index contributed by atoms with van der Waals surface area (Å²) in [6.45, 7) is 3.94. The van der Waals surface area contributed by atoms with Crippen LogP contribution in [0, 0.1) is 13.8 Å². The average Bonchev–Trinajstić information content (AvgIpc) is 2.48. The number of carbonyl (C=O) groups is 1. The van der Waals surface area contributed by atoms with Crippen molar-refractivity contribution in [1.29, 1.82) is 0 Å². The van der Waals surface area contributed by atoms with E-state index in [0.29, 0.717) is 5.56 Å². The molecule has 0 amide bonds. The van der Waals surface area contributed by atoms with Crippen molar-refractivity contribution < 1.29 is 4.79 Å². The molecule has 0 atom stereocenters. The molecule has 2 aromatic carbocycles. The molecule has 0 unspecified atom stereocenters. The van der Waals surface area contributed by atoms with Crippen molar-refractivity contribution in [3.05, 3.63) is 71.0 Å². The van der Waals surface area contributed by atoms with Gasteiger partial charge in [-0.25, -0.2) is 0 Å². The summed E-state index contributed by atoms with van der Waals surface area (Å²) < 4.78 is 0. The third-order valence-corrected chi connectivity index (χ3v) is 3.37. The Morgan fingerprint density at radius 2 is 1.65 bits per heavy atom. The molecule has 0 bridgehead atoms. The zero-order chi connectivity index (χ0) is 14.1. The van der Waals surface area contributed by atoms with Gasteiger partial charge in [-0.1, -0.05) is 17.7 Å². The van der Waals surface area contributed by atoms with Crippen LogP contribution >= 0.6 is 0 Å². The van der Waals surface area contributed by atoms with Crippen molar-refractivity contribution in [1.82, 2.24) is 9.97 Å². The Kier molecular flexibility index (Phi) is 3.03. The molecule has 98 valence electrons. The fourth-order valence-corrected chi connectivity index (χ4v) is 2.24. The van der Waals surface area contributed by atoms with Crippen LogP contribution in [0.5, 0.6) is 0 Å². The highest BCUT2D eigenvalue weighted by Crippen LogP contribution is 2.18. The molecule has 3 rings (SSSR count). The first kappa shape index (κ1) is 12.5. The molecule has 1 heterocycles. The van der Waals surface area contributed by atoms with E-state index in [-0.39, 0.29) is 5.78 Å². The number of benzene rings is 2. The summed E-state index contributed by atoms with van der Waals surface area (Å²) in [6.07, 6.45) is 3.28. The van der Waals surface area contributed by atoms with Gasteiger partial charge in [0, 0.05) is 23.5 Å². The van der Waals surface area contributed by atoms with Gasteiger partial charge in [-0.05, 0) is 43.7 Å². The second-order valence-electron chi connectivity index (χ2n) is 4.91. The summed E-state index contributed by atoms with van der Waals surface area (Å²) in [5.41, 5.74) is 4.99. The summed E-state index contributed by atoms with van der Waals surface area (Å²) >= 11 is 0. The van der Waals surface area contributed by atoms with Gasteiger partial charge in [0.1, 0.15) is 0 Å². The number of rotatable bonds is 2. The number of aryl methyl sites for hydroxylation is 2. The zero-order valence-corrected chi connectivity index (χ0v) is 11.4. The molecule has 3 aromatic rings. The molecule has 0 radical (unpaired) electrons. The predicted octanol–water partition coefficient (Wildman–Crippen LogP) is 3.48. The number of fused-ring (bicyclic) bond motifs is 1. The third kappa shape index (κ3) is 2.18. The molecule has 0 aliphatic rings. The quantitative estimate of drug-likeness (QED) is 0.664. The van der Waals surface area contributed by atoms with E-state index in [1.807, 2.05) is 38.1 Å². The van der Waals surface area contributed by atoms with E-state index in [4.69, 9.17) is 0 Å². The molecule has 0 spiro atoms. The Morgan fingerprint density at radius 1 is 0.900 bits per heavy atom. The first-order valence-electron chi connectivity index (χ1n) is 6.48. The second kappa shape index (κ2) is 4.85. The molecule has 3 nitrogen and oxygen atoms in total. The van der Waals surface area contributed by atoms with Crippen LogP contribution in [0.15, 0.2) is 48.8 Å². The summed E-state index contributed by atoms with van der Waals surface area (Å²) in [7, 11) is 0. The number of hydrogen-bond donors (Lipinski definition) is 0. The first-order chi connectivity index (χ1) is 9.65. The van der Waals surface area contributed by atoms with Crippen molar-refractivity contribution >= 4 is 16.8 Å². The van der Waals surface area contributed by atoms with Crippen molar-refractivity contribution in [2.45, 2.75) is 13.8 Å². The molecule has 0 saturated heterocycles. The maximum atomic E-state index is 12.6. The maximum absolute atomic E-state index is 12.6. The van der Waals surface area contributed by atoms with Gasteiger partial charge in [-0.15, -0.1) is 0 Å². The molecule has 1 aromatic heterocycles. The van der Waals surface area contributed by atoms with Gasteiger partial charge in [0.25, 0.3) is 0 Å². The SMILES string of the molecule is Cc1ccc(C)c(C(=O)c2ccc3nccnc3c2)c1. The minimum absolute atomic E-state index is 0.0266. The van der Waals surface area contributed by atoms with Crippen LogP contribution in [0.2, 0.25) is 0 Å². The van der Waals surface area contributed by atoms with E-state index in [2.05, 4.69) is 9.97 Å². The summed E-state index contributed by atoms with van der Waals surface area (Å²) in [5.74, 6) is 0.0266. The number of ketones is 1. The molecule has 0 aliphatic carbocycles. The molecule has 0 N–H and O–H groups in total. The molecular weight excluding hydrogens is 248 g/mol. The number of hydrogen-bond acceptors (Lipinski definition) is 3. The Hall–Kier alpha value is -2.55. The van der Waals surface area contributed by atoms with Gasteiger partial charge in [0.05, 0.1) is 11.0 Å². The Bertz CT molecular complexity index is 809. The van der Waals surface area contributed by atoms with E-state index in [0.717, 1.165) is 27.7 Å². The Balaban J connectivity index is 2.10. The van der Waals surface area contributed by atoms with Crippen LogP contribution in [-0.4, -0.2) is 15.8 Å². The Morgan fingerprint density at radius 3 is 2.45 bits per heavy atom. The lowest BCUT2D eigenvalue weighted by Gasteiger charge is -2.07. The molecule has 0 fully saturated rings. The third-order valence-electron chi connectivity index (χ3n) is 3.37. The van der Waals surface area contributed by atoms with Crippen molar-refractivity contribution in [3.63, 3.8) is 0 Å². The lowest BCUT2D eigenvalue weighted by atomic mass is 9.97. The first-order valence-corrected chi connectivity index (χ1v) is 6.48. The Labute approximate surface area is 117 Å². The molecular formula is C17H14N2O. The van der Waals surface area contributed by atoms with Crippen LogP contribution in [0.25, 0.3) is 11.0 Å². The molecule has 0 saturated carbocycles. The highest BCUT2D eigenvalue weighted by molar-refractivity contribution is 6.11. The van der Waals surface area contributed by atoms with E-state index >= 15 is 0 Å².